The largest absolute Gasteiger partial charge is 0.324 e. The lowest BCUT2D eigenvalue weighted by Gasteiger charge is -2.22. The van der Waals surface area contributed by atoms with E-state index in [2.05, 4.69) is 38.2 Å². The Hall–Kier alpha value is -0.860. The minimum atomic E-state index is 0.189. The summed E-state index contributed by atoms with van der Waals surface area (Å²) in [5.74, 6) is 0.598. The number of rotatable bonds is 2. The van der Waals surface area contributed by atoms with Gasteiger partial charge in [-0.25, -0.2) is 0 Å². The Morgan fingerprint density at radius 1 is 1.25 bits per heavy atom. The first kappa shape index (κ1) is 11.6. The summed E-state index contributed by atoms with van der Waals surface area (Å²) < 4.78 is 0. The summed E-state index contributed by atoms with van der Waals surface area (Å²) in [6.45, 7) is 8.72. The van der Waals surface area contributed by atoms with E-state index < -0.39 is 0 Å². The fourth-order valence-electron chi connectivity index (χ4n) is 2.58. The van der Waals surface area contributed by atoms with Crippen molar-refractivity contribution in [1.29, 1.82) is 0 Å². The lowest BCUT2D eigenvalue weighted by molar-refractivity contribution is 0.468. The van der Waals surface area contributed by atoms with Crippen LogP contribution >= 0.6 is 0 Å². The summed E-state index contributed by atoms with van der Waals surface area (Å²) in [6.07, 6.45) is 1.20. The Bertz CT molecular complexity index is 379. The molecule has 0 radical (unpaired) electrons. The van der Waals surface area contributed by atoms with Crippen LogP contribution in [-0.2, 0) is 0 Å². The quantitative estimate of drug-likeness (QED) is 0.799. The van der Waals surface area contributed by atoms with Gasteiger partial charge in [-0.05, 0) is 68.5 Å². The molecule has 1 aromatic carbocycles. The second-order valence-corrected chi connectivity index (χ2v) is 5.00. The highest BCUT2D eigenvalue weighted by Crippen LogP contribution is 2.29. The molecule has 2 nitrogen and oxygen atoms in total. The Balaban J connectivity index is 2.29. The summed E-state index contributed by atoms with van der Waals surface area (Å²) in [7, 11) is 0. The van der Waals surface area contributed by atoms with Crippen LogP contribution in [0.1, 0.15) is 34.7 Å². The first-order chi connectivity index (χ1) is 7.61. The van der Waals surface area contributed by atoms with E-state index in [-0.39, 0.29) is 6.04 Å². The average Bonchev–Trinajstić information content (AvgIpc) is 2.79. The number of hydrogen-bond acceptors (Lipinski definition) is 2. The Kier molecular flexibility index (Phi) is 3.31. The molecule has 88 valence electrons. The topological polar surface area (TPSA) is 38.0 Å². The van der Waals surface area contributed by atoms with Crippen molar-refractivity contribution in [2.75, 3.05) is 13.1 Å². The first-order valence-corrected chi connectivity index (χ1v) is 6.14. The molecule has 1 saturated heterocycles. The zero-order valence-electron chi connectivity index (χ0n) is 10.5. The van der Waals surface area contributed by atoms with Crippen molar-refractivity contribution in [1.82, 2.24) is 5.32 Å². The van der Waals surface area contributed by atoms with Crippen molar-refractivity contribution < 1.29 is 0 Å². The third kappa shape index (κ3) is 2.00. The molecule has 0 saturated carbocycles. The van der Waals surface area contributed by atoms with E-state index in [1.165, 1.54) is 28.7 Å². The molecule has 1 fully saturated rings. The zero-order valence-corrected chi connectivity index (χ0v) is 10.5. The van der Waals surface area contributed by atoms with Crippen molar-refractivity contribution in [2.24, 2.45) is 11.7 Å². The molecule has 0 amide bonds. The Morgan fingerprint density at radius 3 is 2.62 bits per heavy atom. The maximum atomic E-state index is 6.38. The second kappa shape index (κ2) is 4.56. The summed E-state index contributed by atoms with van der Waals surface area (Å²) >= 11 is 0. The summed E-state index contributed by atoms with van der Waals surface area (Å²) in [4.78, 5) is 0. The predicted octanol–water partition coefficient (Wildman–Crippen LogP) is 2.22. The molecule has 1 aromatic rings. The van der Waals surface area contributed by atoms with Gasteiger partial charge >= 0.3 is 0 Å². The van der Waals surface area contributed by atoms with Crippen LogP contribution in [0.4, 0.5) is 0 Å². The minimum absolute atomic E-state index is 0.189. The van der Waals surface area contributed by atoms with Crippen LogP contribution in [0.25, 0.3) is 0 Å². The van der Waals surface area contributed by atoms with Crippen LogP contribution in [0.15, 0.2) is 12.1 Å². The zero-order chi connectivity index (χ0) is 11.7. The van der Waals surface area contributed by atoms with Gasteiger partial charge in [0.2, 0.25) is 0 Å². The highest BCUT2D eigenvalue weighted by molar-refractivity contribution is 5.40. The van der Waals surface area contributed by atoms with Gasteiger partial charge in [-0.3, -0.25) is 0 Å². The standard InChI is InChI=1S/C14H22N2/c1-9-4-5-13(11(3)10(9)2)14(15)12-6-7-16-8-12/h4-5,12,14,16H,6-8,15H2,1-3H3. The van der Waals surface area contributed by atoms with Gasteiger partial charge in [-0.1, -0.05) is 12.1 Å². The monoisotopic (exact) mass is 218 g/mol. The normalized spacial score (nSPS) is 22.4. The molecular formula is C14H22N2. The van der Waals surface area contributed by atoms with Gasteiger partial charge in [0.05, 0.1) is 0 Å². The van der Waals surface area contributed by atoms with Crippen LogP contribution in [0.2, 0.25) is 0 Å². The molecule has 3 N–H and O–H groups in total. The molecule has 1 aliphatic heterocycles. The van der Waals surface area contributed by atoms with E-state index in [0.29, 0.717) is 5.92 Å². The van der Waals surface area contributed by atoms with Crippen LogP contribution in [-0.4, -0.2) is 13.1 Å². The summed E-state index contributed by atoms with van der Waals surface area (Å²) in [5, 5.41) is 3.39. The third-order valence-electron chi connectivity index (χ3n) is 4.07. The van der Waals surface area contributed by atoms with E-state index in [1.54, 1.807) is 0 Å². The molecule has 0 bridgehead atoms. The van der Waals surface area contributed by atoms with Gasteiger partial charge in [0.1, 0.15) is 0 Å². The maximum Gasteiger partial charge on any atom is 0.0338 e. The molecule has 0 spiro atoms. The SMILES string of the molecule is Cc1ccc(C(N)C2CCNC2)c(C)c1C. The number of aryl methyl sites for hydroxylation is 1. The van der Waals surface area contributed by atoms with Gasteiger partial charge in [0, 0.05) is 6.04 Å². The number of benzene rings is 1. The number of nitrogens with one attached hydrogen (secondary N) is 1. The number of nitrogens with two attached hydrogens (primary N) is 1. The smallest absolute Gasteiger partial charge is 0.0338 e. The molecular weight excluding hydrogens is 196 g/mol. The van der Waals surface area contributed by atoms with E-state index in [0.717, 1.165) is 13.1 Å². The van der Waals surface area contributed by atoms with Crippen molar-refractivity contribution in [3.05, 3.63) is 34.4 Å². The molecule has 1 aliphatic rings. The molecule has 16 heavy (non-hydrogen) atoms. The summed E-state index contributed by atoms with van der Waals surface area (Å²) in [6, 6.07) is 4.59. The average molecular weight is 218 g/mol. The molecule has 2 heteroatoms. The van der Waals surface area contributed by atoms with E-state index in [4.69, 9.17) is 5.73 Å². The molecule has 2 rings (SSSR count). The van der Waals surface area contributed by atoms with Gasteiger partial charge < -0.3 is 11.1 Å². The molecule has 1 heterocycles. The molecule has 2 atom stereocenters. The predicted molar refractivity (Wildman–Crippen MR) is 68.6 cm³/mol. The lowest BCUT2D eigenvalue weighted by Crippen LogP contribution is -2.24. The molecule has 2 unspecified atom stereocenters. The lowest BCUT2D eigenvalue weighted by atomic mass is 9.87. The van der Waals surface area contributed by atoms with Crippen LogP contribution in [0.3, 0.4) is 0 Å². The Labute approximate surface area is 98.2 Å². The van der Waals surface area contributed by atoms with E-state index >= 15 is 0 Å². The molecule has 0 aromatic heterocycles. The number of hydrogen-bond donors (Lipinski definition) is 2. The Morgan fingerprint density at radius 2 is 2.00 bits per heavy atom. The first-order valence-electron chi connectivity index (χ1n) is 6.14. The highest BCUT2D eigenvalue weighted by atomic mass is 14.9. The highest BCUT2D eigenvalue weighted by Gasteiger charge is 2.24. The fraction of sp³-hybridized carbons (Fsp3) is 0.571. The van der Waals surface area contributed by atoms with E-state index in [1.807, 2.05) is 0 Å². The van der Waals surface area contributed by atoms with Crippen molar-refractivity contribution in [2.45, 2.75) is 33.2 Å². The van der Waals surface area contributed by atoms with E-state index in [9.17, 15) is 0 Å². The van der Waals surface area contributed by atoms with Crippen molar-refractivity contribution >= 4 is 0 Å². The van der Waals surface area contributed by atoms with Crippen molar-refractivity contribution in [3.63, 3.8) is 0 Å². The van der Waals surface area contributed by atoms with Gasteiger partial charge in [-0.2, -0.15) is 0 Å². The summed E-state index contributed by atoms with van der Waals surface area (Å²) in [5.41, 5.74) is 11.8. The maximum absolute atomic E-state index is 6.38. The third-order valence-corrected chi connectivity index (χ3v) is 4.07. The second-order valence-electron chi connectivity index (χ2n) is 5.00. The van der Waals surface area contributed by atoms with Gasteiger partial charge in [0.25, 0.3) is 0 Å². The van der Waals surface area contributed by atoms with Crippen LogP contribution < -0.4 is 11.1 Å². The van der Waals surface area contributed by atoms with Crippen LogP contribution in [0, 0.1) is 26.7 Å². The van der Waals surface area contributed by atoms with Crippen LogP contribution in [0.5, 0.6) is 0 Å². The van der Waals surface area contributed by atoms with Gasteiger partial charge in [0.15, 0.2) is 0 Å². The van der Waals surface area contributed by atoms with Gasteiger partial charge in [-0.15, -0.1) is 0 Å². The van der Waals surface area contributed by atoms with Crippen molar-refractivity contribution in [3.8, 4) is 0 Å². The fourth-order valence-corrected chi connectivity index (χ4v) is 2.58. The molecule has 0 aliphatic carbocycles. The minimum Gasteiger partial charge on any atom is -0.324 e.